The van der Waals surface area contributed by atoms with E-state index >= 15 is 0 Å². The Balaban J connectivity index is 1.41. The van der Waals surface area contributed by atoms with E-state index in [0.717, 1.165) is 25.7 Å². The molecule has 0 spiro atoms. The molecule has 38 heavy (non-hydrogen) atoms. The second-order valence-electron chi connectivity index (χ2n) is 12.0. The van der Waals surface area contributed by atoms with Crippen molar-refractivity contribution in [2.24, 2.45) is 40.4 Å². The quantitative estimate of drug-likeness (QED) is 0.374. The molecule has 1 amide bonds. The van der Waals surface area contributed by atoms with Gasteiger partial charge in [0.2, 0.25) is 11.0 Å². The standard InChI is InChI=1S/C28H31F6NO2S/c1-14-12-21-26(3,11-9-22(36)38-21)17-8-10-25(2)16(23(14)17)5-6-18(25)24(37)35-20-7-4-15(27(29,30)31)13-19(20)28(32,33)34/h4,7,9,11,13-14,16-18,21,23H,5-6,8,10,12H2,1-3H3,(H,35,37)/t14-,16-,17-,18+,21+,23-,25-,26+/m0/s1. The monoisotopic (exact) mass is 559 g/mol. The topological polar surface area (TPSA) is 46.2 Å². The lowest BCUT2D eigenvalue weighted by Crippen LogP contribution is -2.56. The molecule has 1 aromatic carbocycles. The first-order valence-electron chi connectivity index (χ1n) is 13.0. The van der Waals surface area contributed by atoms with E-state index in [4.69, 9.17) is 0 Å². The Morgan fingerprint density at radius 2 is 1.74 bits per heavy atom. The van der Waals surface area contributed by atoms with Crippen LogP contribution in [0.25, 0.3) is 0 Å². The highest BCUT2D eigenvalue weighted by atomic mass is 32.2. The van der Waals surface area contributed by atoms with E-state index in [9.17, 15) is 35.9 Å². The molecule has 0 radical (unpaired) electrons. The Morgan fingerprint density at radius 3 is 2.39 bits per heavy atom. The van der Waals surface area contributed by atoms with Crippen molar-refractivity contribution in [3.8, 4) is 0 Å². The summed E-state index contributed by atoms with van der Waals surface area (Å²) in [5.41, 5.74) is -4.11. The first kappa shape index (κ1) is 27.6. The zero-order valence-electron chi connectivity index (χ0n) is 21.4. The minimum atomic E-state index is -5.06. The molecule has 3 aliphatic carbocycles. The Bertz CT molecular complexity index is 1180. The van der Waals surface area contributed by atoms with Crippen molar-refractivity contribution in [2.75, 3.05) is 5.32 Å². The predicted molar refractivity (Wildman–Crippen MR) is 133 cm³/mol. The molecule has 208 valence electrons. The van der Waals surface area contributed by atoms with Crippen LogP contribution in [0.4, 0.5) is 32.0 Å². The van der Waals surface area contributed by atoms with Gasteiger partial charge in [0.25, 0.3) is 0 Å². The van der Waals surface area contributed by atoms with E-state index in [1.165, 1.54) is 11.8 Å². The van der Waals surface area contributed by atoms with Crippen molar-refractivity contribution < 1.29 is 35.9 Å². The third-order valence-electron chi connectivity index (χ3n) is 10.1. The second kappa shape index (κ2) is 9.03. The summed E-state index contributed by atoms with van der Waals surface area (Å²) in [6.45, 7) is 6.48. The number of fused-ring (bicyclic) bond motifs is 5. The van der Waals surface area contributed by atoms with Gasteiger partial charge in [-0.1, -0.05) is 38.6 Å². The Morgan fingerprint density at radius 1 is 1.03 bits per heavy atom. The normalized spacial score (nSPS) is 38.8. The Hall–Kier alpha value is -1.97. The average Bonchev–Trinajstić information content (AvgIpc) is 3.16. The smallest absolute Gasteiger partial charge is 0.325 e. The van der Waals surface area contributed by atoms with Crippen LogP contribution in [0, 0.1) is 40.4 Å². The number of hydrogen-bond acceptors (Lipinski definition) is 3. The molecule has 1 aliphatic heterocycles. The van der Waals surface area contributed by atoms with E-state index in [0.29, 0.717) is 36.3 Å². The van der Waals surface area contributed by atoms with Crippen molar-refractivity contribution >= 4 is 28.5 Å². The summed E-state index contributed by atoms with van der Waals surface area (Å²) in [6, 6.07) is 1.32. The molecule has 0 saturated heterocycles. The van der Waals surface area contributed by atoms with Crippen LogP contribution in [0.2, 0.25) is 0 Å². The van der Waals surface area contributed by atoms with E-state index in [2.05, 4.69) is 32.2 Å². The number of rotatable bonds is 2. The van der Waals surface area contributed by atoms with Gasteiger partial charge in [0, 0.05) is 16.6 Å². The molecule has 1 aromatic rings. The molecule has 5 rings (SSSR count). The molecule has 1 heterocycles. The largest absolute Gasteiger partial charge is 0.418 e. The van der Waals surface area contributed by atoms with Gasteiger partial charge < -0.3 is 5.32 Å². The fourth-order valence-electron chi connectivity index (χ4n) is 8.25. The summed E-state index contributed by atoms with van der Waals surface area (Å²) in [4.78, 5) is 25.5. The number of nitrogens with one attached hydrogen (secondary N) is 1. The van der Waals surface area contributed by atoms with Crippen molar-refractivity contribution in [3.63, 3.8) is 0 Å². The summed E-state index contributed by atoms with van der Waals surface area (Å²) in [5, 5.41) is 2.65. The zero-order chi connectivity index (χ0) is 27.8. The van der Waals surface area contributed by atoms with Crippen LogP contribution < -0.4 is 5.32 Å². The number of thioether (sulfide) groups is 1. The summed E-state index contributed by atoms with van der Waals surface area (Å²) < 4.78 is 80.2. The van der Waals surface area contributed by atoms with Crippen LogP contribution in [0.15, 0.2) is 30.4 Å². The maximum atomic E-state index is 13.7. The van der Waals surface area contributed by atoms with Crippen LogP contribution in [-0.4, -0.2) is 16.3 Å². The molecule has 0 bridgehead atoms. The van der Waals surface area contributed by atoms with Gasteiger partial charge in [-0.2, -0.15) is 26.3 Å². The number of halogens is 6. The van der Waals surface area contributed by atoms with Crippen LogP contribution >= 0.6 is 11.8 Å². The minimum absolute atomic E-state index is 0.0568. The van der Waals surface area contributed by atoms with Crippen molar-refractivity contribution in [2.45, 2.75) is 70.5 Å². The molecule has 3 saturated carbocycles. The van der Waals surface area contributed by atoms with Gasteiger partial charge in [0.05, 0.1) is 16.8 Å². The molecule has 10 heteroatoms. The second-order valence-corrected chi connectivity index (χ2v) is 13.3. The van der Waals surface area contributed by atoms with Crippen LogP contribution in [0.3, 0.4) is 0 Å². The number of hydrogen-bond donors (Lipinski definition) is 1. The highest BCUT2D eigenvalue weighted by molar-refractivity contribution is 8.14. The third kappa shape index (κ3) is 4.38. The van der Waals surface area contributed by atoms with Gasteiger partial charge in [0.15, 0.2) is 0 Å². The van der Waals surface area contributed by atoms with Crippen LogP contribution in [-0.2, 0) is 21.9 Å². The highest BCUT2D eigenvalue weighted by Gasteiger charge is 2.62. The number of alkyl halides is 6. The Kier molecular flexibility index (Phi) is 6.56. The highest BCUT2D eigenvalue weighted by Crippen LogP contribution is 2.67. The molecule has 1 N–H and O–H groups in total. The lowest BCUT2D eigenvalue weighted by Gasteiger charge is -2.60. The van der Waals surface area contributed by atoms with Crippen molar-refractivity contribution in [1.29, 1.82) is 0 Å². The lowest BCUT2D eigenvalue weighted by molar-refractivity contribution is -0.142. The fraction of sp³-hybridized carbons (Fsp3) is 0.643. The zero-order valence-corrected chi connectivity index (χ0v) is 22.2. The first-order valence-corrected chi connectivity index (χ1v) is 13.9. The summed E-state index contributed by atoms with van der Waals surface area (Å²) in [7, 11) is 0. The molecule has 3 fully saturated rings. The molecule has 0 unspecified atom stereocenters. The number of carbonyl (C=O) groups is 2. The van der Waals surface area contributed by atoms with Crippen molar-refractivity contribution in [3.05, 3.63) is 41.5 Å². The van der Waals surface area contributed by atoms with Gasteiger partial charge in [-0.25, -0.2) is 0 Å². The SMILES string of the molecule is C[C@H]1C[C@H]2SC(=O)C=C[C@]2(C)[C@H]2CC[C@]3(C)[C@@H](C(=O)Nc4ccc(C(F)(F)F)cc4C(F)(F)F)CC[C@H]3[C@H]12. The molecular weight excluding hydrogens is 528 g/mol. The predicted octanol–water partition coefficient (Wildman–Crippen LogP) is 7.97. The number of carbonyl (C=O) groups excluding carboxylic acids is 2. The number of amides is 1. The van der Waals surface area contributed by atoms with E-state index in [-0.39, 0.29) is 27.8 Å². The van der Waals surface area contributed by atoms with Crippen LogP contribution in [0.1, 0.15) is 64.0 Å². The Labute approximate surface area is 222 Å². The van der Waals surface area contributed by atoms with Gasteiger partial charge in [-0.3, -0.25) is 9.59 Å². The molecule has 4 aliphatic rings. The van der Waals surface area contributed by atoms with Gasteiger partial charge >= 0.3 is 12.4 Å². The average molecular weight is 560 g/mol. The third-order valence-corrected chi connectivity index (χ3v) is 11.5. The molecule has 8 atom stereocenters. The maximum Gasteiger partial charge on any atom is 0.418 e. The lowest BCUT2D eigenvalue weighted by atomic mass is 9.47. The summed E-state index contributed by atoms with van der Waals surface area (Å²) >= 11 is 1.41. The first-order chi connectivity index (χ1) is 17.6. The molecule has 0 aromatic heterocycles. The summed E-state index contributed by atoms with van der Waals surface area (Å²) in [5.74, 6) is 0.110. The van der Waals surface area contributed by atoms with Crippen molar-refractivity contribution in [1.82, 2.24) is 0 Å². The fourth-order valence-corrected chi connectivity index (χ4v) is 9.58. The minimum Gasteiger partial charge on any atom is -0.325 e. The number of anilines is 1. The van der Waals surface area contributed by atoms with Gasteiger partial charge in [0.1, 0.15) is 0 Å². The summed E-state index contributed by atoms with van der Waals surface area (Å²) in [6.07, 6.45) is -2.46. The van der Waals surface area contributed by atoms with E-state index in [1.54, 1.807) is 6.08 Å². The molecule has 3 nitrogen and oxygen atoms in total. The number of benzene rings is 1. The van der Waals surface area contributed by atoms with E-state index in [1.807, 2.05) is 0 Å². The van der Waals surface area contributed by atoms with Crippen LogP contribution in [0.5, 0.6) is 0 Å². The van der Waals surface area contributed by atoms with Gasteiger partial charge in [-0.05, 0) is 85.5 Å². The van der Waals surface area contributed by atoms with E-state index < -0.39 is 46.4 Å². The maximum absolute atomic E-state index is 13.7. The molecular formula is C28H31F6NO2S. The number of allylic oxidation sites excluding steroid dienone is 1. The van der Waals surface area contributed by atoms with Gasteiger partial charge in [-0.15, -0.1) is 0 Å².